The maximum atomic E-state index is 5.31. The molecule has 0 unspecified atom stereocenters. The number of nitrogens with zero attached hydrogens (tertiary/aromatic N) is 1. The number of aromatic nitrogens is 1. The lowest BCUT2D eigenvalue weighted by Gasteiger charge is -2.09. The third kappa shape index (κ3) is 2.62. The van der Waals surface area contributed by atoms with Crippen molar-refractivity contribution in [1.29, 1.82) is 0 Å². The van der Waals surface area contributed by atoms with E-state index in [4.69, 9.17) is 4.74 Å². The lowest BCUT2D eigenvalue weighted by Crippen LogP contribution is -2.05. The van der Waals surface area contributed by atoms with Gasteiger partial charge in [0.05, 0.1) is 6.61 Å². The first kappa shape index (κ1) is 9.20. The van der Waals surface area contributed by atoms with Crippen LogP contribution in [0.4, 0.5) is 0 Å². The van der Waals surface area contributed by atoms with Crippen molar-refractivity contribution in [1.82, 2.24) is 4.98 Å². The molecule has 1 heterocycles. The maximum absolute atomic E-state index is 5.31. The molecule has 2 nitrogen and oxygen atoms in total. The Morgan fingerprint density at radius 2 is 2.33 bits per heavy atom. The van der Waals surface area contributed by atoms with Gasteiger partial charge >= 0.3 is 0 Å². The molecule has 0 N–H and O–H groups in total. The van der Waals surface area contributed by atoms with Crippen LogP contribution in [0, 0.1) is 0 Å². The second-order valence-corrected chi connectivity index (χ2v) is 2.82. The molecule has 0 fully saturated rings. The van der Waals surface area contributed by atoms with E-state index in [2.05, 4.69) is 11.9 Å². The van der Waals surface area contributed by atoms with Crippen LogP contribution in [0.1, 0.15) is 25.5 Å². The zero-order valence-corrected chi connectivity index (χ0v) is 7.66. The minimum atomic E-state index is 0.395. The normalized spacial score (nSPS) is 12.8. The van der Waals surface area contributed by atoms with Crippen molar-refractivity contribution in [2.45, 2.75) is 19.8 Å². The van der Waals surface area contributed by atoms with Crippen LogP contribution in [0.2, 0.25) is 0 Å². The van der Waals surface area contributed by atoms with Gasteiger partial charge in [0.25, 0.3) is 0 Å². The molecule has 1 atom stereocenters. The van der Waals surface area contributed by atoms with E-state index in [1.807, 2.05) is 31.3 Å². The van der Waals surface area contributed by atoms with Gasteiger partial charge in [-0.2, -0.15) is 0 Å². The Morgan fingerprint density at radius 1 is 1.50 bits per heavy atom. The summed E-state index contributed by atoms with van der Waals surface area (Å²) in [5.41, 5.74) is 1.10. The van der Waals surface area contributed by atoms with Crippen LogP contribution in [-0.2, 0) is 4.74 Å². The number of rotatable bonds is 4. The van der Waals surface area contributed by atoms with Crippen LogP contribution in [-0.4, -0.2) is 18.2 Å². The van der Waals surface area contributed by atoms with E-state index < -0.39 is 0 Å². The van der Waals surface area contributed by atoms with Crippen molar-refractivity contribution in [2.75, 3.05) is 13.2 Å². The first-order valence-electron chi connectivity index (χ1n) is 4.33. The molecule has 0 aliphatic heterocycles. The van der Waals surface area contributed by atoms with E-state index in [0.717, 1.165) is 18.9 Å². The fourth-order valence-corrected chi connectivity index (χ4v) is 1.05. The third-order valence-electron chi connectivity index (χ3n) is 1.76. The highest BCUT2D eigenvalue weighted by atomic mass is 16.5. The molecule has 1 rings (SSSR count). The third-order valence-corrected chi connectivity index (χ3v) is 1.76. The molecule has 0 spiro atoms. The highest BCUT2D eigenvalue weighted by Gasteiger charge is 2.04. The van der Waals surface area contributed by atoms with Gasteiger partial charge in [0.15, 0.2) is 0 Å². The van der Waals surface area contributed by atoms with Gasteiger partial charge in [0.1, 0.15) is 0 Å². The van der Waals surface area contributed by atoms with E-state index in [1.54, 1.807) is 0 Å². The average Bonchev–Trinajstić information content (AvgIpc) is 2.15. The minimum absolute atomic E-state index is 0.395. The molecule has 2 heteroatoms. The van der Waals surface area contributed by atoms with Gasteiger partial charge in [0, 0.05) is 24.4 Å². The van der Waals surface area contributed by atoms with E-state index in [-0.39, 0.29) is 0 Å². The van der Waals surface area contributed by atoms with Crippen molar-refractivity contribution in [3.8, 4) is 0 Å². The number of ether oxygens (including phenoxy) is 1. The molecular weight excluding hydrogens is 150 g/mol. The highest BCUT2D eigenvalue weighted by molar-refractivity contribution is 5.08. The molecule has 12 heavy (non-hydrogen) atoms. The summed E-state index contributed by atoms with van der Waals surface area (Å²) in [6.07, 6.45) is 1.82. The Morgan fingerprint density at radius 3 is 2.92 bits per heavy atom. The molecule has 0 saturated carbocycles. The summed E-state index contributed by atoms with van der Waals surface area (Å²) >= 11 is 0. The number of hydrogen-bond donors (Lipinski definition) is 0. The van der Waals surface area contributed by atoms with E-state index in [0.29, 0.717) is 5.92 Å². The average molecular weight is 165 g/mol. The van der Waals surface area contributed by atoms with Crippen molar-refractivity contribution in [3.63, 3.8) is 0 Å². The first-order chi connectivity index (χ1) is 5.84. The summed E-state index contributed by atoms with van der Waals surface area (Å²) in [4.78, 5) is 4.25. The Bertz CT molecular complexity index is 210. The van der Waals surface area contributed by atoms with Crippen LogP contribution < -0.4 is 0 Å². The molecule has 0 bridgehead atoms. The monoisotopic (exact) mass is 165 g/mol. The SMILES string of the molecule is CCOC[C@H](C)c1ccccn1. The second kappa shape index (κ2) is 4.88. The quantitative estimate of drug-likeness (QED) is 0.682. The lowest BCUT2D eigenvalue weighted by molar-refractivity contribution is 0.135. The number of hydrogen-bond acceptors (Lipinski definition) is 2. The van der Waals surface area contributed by atoms with Gasteiger partial charge < -0.3 is 4.74 Å². The van der Waals surface area contributed by atoms with Crippen LogP contribution in [0.15, 0.2) is 24.4 Å². The zero-order chi connectivity index (χ0) is 8.81. The Labute approximate surface area is 73.6 Å². The smallest absolute Gasteiger partial charge is 0.0547 e. The van der Waals surface area contributed by atoms with Gasteiger partial charge in [-0.3, -0.25) is 4.98 Å². The Balaban J connectivity index is 2.48. The number of pyridine rings is 1. The van der Waals surface area contributed by atoms with Gasteiger partial charge in [-0.1, -0.05) is 13.0 Å². The maximum Gasteiger partial charge on any atom is 0.0547 e. The minimum Gasteiger partial charge on any atom is -0.381 e. The van der Waals surface area contributed by atoms with Gasteiger partial charge in [-0.15, -0.1) is 0 Å². The van der Waals surface area contributed by atoms with E-state index >= 15 is 0 Å². The molecule has 1 aromatic rings. The molecule has 0 radical (unpaired) electrons. The standard InChI is InChI=1S/C10H15NO/c1-3-12-8-9(2)10-6-4-5-7-11-10/h4-7,9H,3,8H2,1-2H3/t9-/m0/s1. The molecule has 0 aliphatic carbocycles. The van der Waals surface area contributed by atoms with Gasteiger partial charge in [-0.25, -0.2) is 0 Å². The van der Waals surface area contributed by atoms with Crippen LogP contribution >= 0.6 is 0 Å². The first-order valence-corrected chi connectivity index (χ1v) is 4.33. The van der Waals surface area contributed by atoms with E-state index in [1.165, 1.54) is 0 Å². The summed E-state index contributed by atoms with van der Waals surface area (Å²) in [6.45, 7) is 5.66. The molecule has 0 aliphatic rings. The van der Waals surface area contributed by atoms with Crippen molar-refractivity contribution in [2.24, 2.45) is 0 Å². The summed E-state index contributed by atoms with van der Waals surface area (Å²) < 4.78 is 5.31. The highest BCUT2D eigenvalue weighted by Crippen LogP contribution is 2.11. The second-order valence-electron chi connectivity index (χ2n) is 2.82. The molecule has 1 aromatic heterocycles. The molecule has 66 valence electrons. The van der Waals surface area contributed by atoms with Crippen LogP contribution in [0.25, 0.3) is 0 Å². The molecule has 0 aromatic carbocycles. The molecule has 0 saturated heterocycles. The van der Waals surface area contributed by atoms with Crippen molar-refractivity contribution in [3.05, 3.63) is 30.1 Å². The Kier molecular flexibility index (Phi) is 3.74. The fraction of sp³-hybridized carbons (Fsp3) is 0.500. The summed E-state index contributed by atoms with van der Waals surface area (Å²) in [5.74, 6) is 0.395. The molecule has 0 amide bonds. The molecular formula is C10H15NO. The van der Waals surface area contributed by atoms with Crippen molar-refractivity contribution >= 4 is 0 Å². The van der Waals surface area contributed by atoms with Gasteiger partial charge in [0.2, 0.25) is 0 Å². The largest absolute Gasteiger partial charge is 0.381 e. The van der Waals surface area contributed by atoms with Crippen molar-refractivity contribution < 1.29 is 4.74 Å². The van der Waals surface area contributed by atoms with Gasteiger partial charge in [-0.05, 0) is 19.1 Å². The zero-order valence-electron chi connectivity index (χ0n) is 7.66. The topological polar surface area (TPSA) is 22.1 Å². The predicted molar refractivity (Wildman–Crippen MR) is 49.1 cm³/mol. The fourth-order valence-electron chi connectivity index (χ4n) is 1.05. The summed E-state index contributed by atoms with van der Waals surface area (Å²) in [7, 11) is 0. The van der Waals surface area contributed by atoms with Crippen LogP contribution in [0.3, 0.4) is 0 Å². The Hall–Kier alpha value is -0.890. The summed E-state index contributed by atoms with van der Waals surface area (Å²) in [5, 5.41) is 0. The predicted octanol–water partition coefficient (Wildman–Crippen LogP) is 2.22. The summed E-state index contributed by atoms with van der Waals surface area (Å²) in [6, 6.07) is 5.96. The lowest BCUT2D eigenvalue weighted by atomic mass is 10.1. The van der Waals surface area contributed by atoms with E-state index in [9.17, 15) is 0 Å². The van der Waals surface area contributed by atoms with Crippen LogP contribution in [0.5, 0.6) is 0 Å².